The molecule has 0 aromatic carbocycles. The van der Waals surface area contributed by atoms with Gasteiger partial charge in [-0.1, -0.05) is 22.0 Å². The van der Waals surface area contributed by atoms with Gasteiger partial charge in [-0.25, -0.2) is 13.1 Å². The minimum Gasteiger partial charge on any atom is -0.260 e. The molecule has 20 heavy (non-hydrogen) atoms. The normalized spacial score (nSPS) is 13.6. The fourth-order valence-corrected chi connectivity index (χ4v) is 3.78. The molecule has 8 heteroatoms. The van der Waals surface area contributed by atoms with E-state index in [0.29, 0.717) is 0 Å². The molecule has 2 aromatic heterocycles. The summed E-state index contributed by atoms with van der Waals surface area (Å²) in [5.41, 5.74) is 1.94. The maximum Gasteiger partial charge on any atom is 0.221 e. The quantitative estimate of drug-likeness (QED) is 0.786. The zero-order valence-electron chi connectivity index (χ0n) is 11.2. The standard InChI is InChI=1S/C12H16BrN3O2S2/c1-9-6-10(2)16(15-9)11(12-4-3-5-19-12)7-14-20(17,18)8-13/h3-6,11,14H,7-8H2,1-2H3. The second-order valence-corrected chi connectivity index (χ2v) is 8.56. The highest BCUT2D eigenvalue weighted by atomic mass is 79.9. The van der Waals surface area contributed by atoms with E-state index in [1.54, 1.807) is 11.3 Å². The summed E-state index contributed by atoms with van der Waals surface area (Å²) >= 11 is 4.57. The number of hydrogen-bond donors (Lipinski definition) is 1. The smallest absolute Gasteiger partial charge is 0.221 e. The highest BCUT2D eigenvalue weighted by molar-refractivity contribution is 9.10. The van der Waals surface area contributed by atoms with Crippen LogP contribution in [0.5, 0.6) is 0 Å². The first-order chi connectivity index (χ1) is 9.43. The third-order valence-corrected chi connectivity index (χ3v) is 6.53. The van der Waals surface area contributed by atoms with E-state index in [0.717, 1.165) is 16.3 Å². The minimum absolute atomic E-state index is 0.103. The summed E-state index contributed by atoms with van der Waals surface area (Å²) in [6, 6.07) is 5.81. The number of hydrogen-bond acceptors (Lipinski definition) is 4. The molecule has 0 aliphatic rings. The van der Waals surface area contributed by atoms with Crippen LogP contribution >= 0.6 is 27.3 Å². The van der Waals surface area contributed by atoms with Crippen LogP contribution in [0.25, 0.3) is 0 Å². The minimum atomic E-state index is -3.29. The third-order valence-electron chi connectivity index (χ3n) is 2.85. The molecule has 5 nitrogen and oxygen atoms in total. The molecule has 0 fully saturated rings. The van der Waals surface area contributed by atoms with E-state index in [4.69, 9.17) is 0 Å². The molecule has 0 radical (unpaired) electrons. The molecule has 1 atom stereocenters. The maximum atomic E-state index is 11.6. The van der Waals surface area contributed by atoms with E-state index in [9.17, 15) is 8.42 Å². The van der Waals surface area contributed by atoms with Gasteiger partial charge in [0.15, 0.2) is 0 Å². The molecule has 2 rings (SSSR count). The Morgan fingerprint density at radius 1 is 1.50 bits per heavy atom. The lowest BCUT2D eigenvalue weighted by Crippen LogP contribution is -2.32. The van der Waals surface area contributed by atoms with E-state index in [-0.39, 0.29) is 17.2 Å². The van der Waals surface area contributed by atoms with Gasteiger partial charge in [-0.2, -0.15) is 5.10 Å². The Morgan fingerprint density at radius 3 is 2.75 bits per heavy atom. The summed E-state index contributed by atoms with van der Waals surface area (Å²) in [5.74, 6) is 0. The lowest BCUT2D eigenvalue weighted by molar-refractivity contribution is 0.501. The zero-order chi connectivity index (χ0) is 14.8. The predicted molar refractivity (Wildman–Crippen MR) is 84.9 cm³/mol. The van der Waals surface area contributed by atoms with Gasteiger partial charge in [0.1, 0.15) is 4.66 Å². The van der Waals surface area contributed by atoms with Crippen molar-refractivity contribution in [1.82, 2.24) is 14.5 Å². The molecule has 2 aromatic rings. The average molecular weight is 378 g/mol. The summed E-state index contributed by atoms with van der Waals surface area (Å²) in [6.07, 6.45) is 0. The number of sulfonamides is 1. The van der Waals surface area contributed by atoms with Crippen molar-refractivity contribution in [3.8, 4) is 0 Å². The van der Waals surface area contributed by atoms with E-state index in [1.807, 2.05) is 42.1 Å². The van der Waals surface area contributed by atoms with Crippen LogP contribution < -0.4 is 4.72 Å². The molecule has 0 amide bonds. The summed E-state index contributed by atoms with van der Waals surface area (Å²) < 4.78 is 27.6. The van der Waals surface area contributed by atoms with Gasteiger partial charge >= 0.3 is 0 Å². The van der Waals surface area contributed by atoms with Gasteiger partial charge in [0.25, 0.3) is 0 Å². The number of rotatable bonds is 6. The van der Waals surface area contributed by atoms with Gasteiger partial charge in [0, 0.05) is 17.1 Å². The average Bonchev–Trinajstić information content (AvgIpc) is 3.01. The van der Waals surface area contributed by atoms with Crippen LogP contribution in [0.3, 0.4) is 0 Å². The highest BCUT2D eigenvalue weighted by Crippen LogP contribution is 2.24. The van der Waals surface area contributed by atoms with Crippen molar-refractivity contribution in [2.24, 2.45) is 0 Å². The Kier molecular flexibility index (Phi) is 5.00. The van der Waals surface area contributed by atoms with Gasteiger partial charge in [0.2, 0.25) is 10.0 Å². The predicted octanol–water partition coefficient (Wildman–Crippen LogP) is 2.42. The van der Waals surface area contributed by atoms with Crippen molar-refractivity contribution < 1.29 is 8.42 Å². The van der Waals surface area contributed by atoms with E-state index < -0.39 is 10.0 Å². The molecule has 0 aliphatic carbocycles. The molecule has 1 unspecified atom stereocenters. The second-order valence-electron chi connectivity index (χ2n) is 4.48. The van der Waals surface area contributed by atoms with Crippen LogP contribution in [-0.2, 0) is 10.0 Å². The Hall–Kier alpha value is -0.700. The van der Waals surface area contributed by atoms with Gasteiger partial charge < -0.3 is 0 Å². The van der Waals surface area contributed by atoms with Crippen molar-refractivity contribution >= 4 is 37.3 Å². The van der Waals surface area contributed by atoms with Gasteiger partial charge in [-0.05, 0) is 31.4 Å². The molecule has 0 bridgehead atoms. The van der Waals surface area contributed by atoms with E-state index in [1.165, 1.54) is 0 Å². The van der Waals surface area contributed by atoms with Gasteiger partial charge in [-0.15, -0.1) is 11.3 Å². The Bertz CT molecular complexity index is 665. The van der Waals surface area contributed by atoms with Crippen LogP contribution in [0.4, 0.5) is 0 Å². The van der Waals surface area contributed by atoms with Crippen molar-refractivity contribution in [3.63, 3.8) is 0 Å². The molecule has 1 N–H and O–H groups in total. The van der Waals surface area contributed by atoms with E-state index >= 15 is 0 Å². The third kappa shape index (κ3) is 3.69. The first-order valence-corrected chi connectivity index (χ1v) is 9.68. The molecule has 110 valence electrons. The molecule has 2 heterocycles. The Labute approximate surface area is 131 Å². The molecule has 0 saturated heterocycles. The highest BCUT2D eigenvalue weighted by Gasteiger charge is 2.20. The van der Waals surface area contributed by atoms with Gasteiger partial charge in [-0.3, -0.25) is 4.68 Å². The number of nitrogens with zero attached hydrogens (tertiary/aromatic N) is 2. The molecule has 0 spiro atoms. The summed E-state index contributed by atoms with van der Waals surface area (Å²) in [6.45, 7) is 4.19. The summed E-state index contributed by atoms with van der Waals surface area (Å²) in [4.78, 5) is 1.08. The number of aromatic nitrogens is 2. The monoisotopic (exact) mass is 377 g/mol. The van der Waals surface area contributed by atoms with E-state index in [2.05, 4.69) is 25.8 Å². The lowest BCUT2D eigenvalue weighted by Gasteiger charge is -2.18. The maximum absolute atomic E-state index is 11.6. The molecule has 0 saturated carbocycles. The van der Waals surface area contributed by atoms with Crippen molar-refractivity contribution in [2.45, 2.75) is 19.9 Å². The summed E-state index contributed by atoms with van der Waals surface area (Å²) in [7, 11) is -3.29. The molecule has 0 aliphatic heterocycles. The fourth-order valence-electron chi connectivity index (χ4n) is 1.99. The van der Waals surface area contributed by atoms with Gasteiger partial charge in [0.05, 0.1) is 11.7 Å². The molecular formula is C12H16BrN3O2S2. The number of aryl methyl sites for hydroxylation is 2. The van der Waals surface area contributed by atoms with Crippen LogP contribution in [-0.4, -0.2) is 29.4 Å². The number of thiophene rings is 1. The first-order valence-electron chi connectivity index (χ1n) is 6.02. The topological polar surface area (TPSA) is 64.0 Å². The molecular weight excluding hydrogens is 362 g/mol. The SMILES string of the molecule is Cc1cc(C)n(C(CNS(=O)(=O)CBr)c2cccs2)n1. The van der Waals surface area contributed by atoms with Crippen molar-refractivity contribution in [1.29, 1.82) is 0 Å². The Morgan fingerprint density at radius 2 is 2.25 bits per heavy atom. The van der Waals surface area contributed by atoms with Crippen LogP contribution in [0, 0.1) is 13.8 Å². The second kappa shape index (κ2) is 6.38. The van der Waals surface area contributed by atoms with Crippen LogP contribution in [0.15, 0.2) is 23.6 Å². The van der Waals surface area contributed by atoms with Crippen LogP contribution in [0.2, 0.25) is 0 Å². The van der Waals surface area contributed by atoms with Crippen molar-refractivity contribution in [2.75, 3.05) is 11.2 Å². The van der Waals surface area contributed by atoms with Crippen LogP contribution in [0.1, 0.15) is 22.3 Å². The number of halogens is 1. The Balaban J connectivity index is 2.29. The first kappa shape index (κ1) is 15.7. The fraction of sp³-hybridized carbons (Fsp3) is 0.417. The van der Waals surface area contributed by atoms with Crippen molar-refractivity contribution in [3.05, 3.63) is 39.8 Å². The lowest BCUT2D eigenvalue weighted by atomic mass is 10.2. The number of nitrogens with one attached hydrogen (secondary N) is 1. The number of alkyl halides is 1. The largest absolute Gasteiger partial charge is 0.260 e. The summed E-state index contributed by atoms with van der Waals surface area (Å²) in [5, 5.41) is 6.45. The zero-order valence-corrected chi connectivity index (χ0v) is 14.4.